The Balaban J connectivity index is 1.80. The molecule has 2 nitrogen and oxygen atoms in total. The van der Waals surface area contributed by atoms with E-state index in [0.717, 1.165) is 33.2 Å². The monoisotopic (exact) mass is 392 g/mol. The lowest BCUT2D eigenvalue weighted by Gasteiger charge is -2.13. The summed E-state index contributed by atoms with van der Waals surface area (Å²) in [4.78, 5) is 4.87. The molecule has 0 radical (unpaired) electrons. The summed E-state index contributed by atoms with van der Waals surface area (Å²) < 4.78 is 0. The summed E-state index contributed by atoms with van der Waals surface area (Å²) in [6, 6.07) is 33.1. The summed E-state index contributed by atoms with van der Waals surface area (Å²) in [5.41, 5.74) is 6.98. The molecular formula is C26H20N2S. The maximum Gasteiger partial charge on any atom is 0.115 e. The van der Waals surface area contributed by atoms with Crippen molar-refractivity contribution in [2.75, 3.05) is 0 Å². The van der Waals surface area contributed by atoms with Gasteiger partial charge in [0, 0.05) is 16.9 Å². The van der Waals surface area contributed by atoms with Gasteiger partial charge in [-0.05, 0) is 24.1 Å². The Labute approximate surface area is 175 Å². The highest BCUT2D eigenvalue weighted by molar-refractivity contribution is 7.98. The lowest BCUT2D eigenvalue weighted by atomic mass is 9.99. The third-order valence-electron chi connectivity index (χ3n) is 4.75. The predicted molar refractivity (Wildman–Crippen MR) is 121 cm³/mol. The zero-order valence-electron chi connectivity index (χ0n) is 16.2. The second-order valence-electron chi connectivity index (χ2n) is 6.85. The number of nitriles is 1. The molecular weight excluding hydrogens is 372 g/mol. The number of nitrogens with zero attached hydrogens (tertiary/aromatic N) is 2. The predicted octanol–water partition coefficient (Wildman–Crippen LogP) is 6.89. The van der Waals surface area contributed by atoms with Crippen molar-refractivity contribution >= 4 is 11.8 Å². The summed E-state index contributed by atoms with van der Waals surface area (Å²) in [5, 5.41) is 10.7. The largest absolute Gasteiger partial charge is 0.240 e. The smallest absolute Gasteiger partial charge is 0.115 e. The molecule has 4 rings (SSSR count). The highest BCUT2D eigenvalue weighted by Gasteiger charge is 2.15. The van der Waals surface area contributed by atoms with Crippen LogP contribution in [-0.4, -0.2) is 4.98 Å². The Hall–Kier alpha value is -3.35. The summed E-state index contributed by atoms with van der Waals surface area (Å²) in [6.07, 6.45) is 0. The van der Waals surface area contributed by atoms with E-state index in [9.17, 15) is 5.26 Å². The fraction of sp³-hybridized carbons (Fsp3) is 0.0769. The van der Waals surface area contributed by atoms with Crippen LogP contribution >= 0.6 is 11.8 Å². The molecule has 0 fully saturated rings. The van der Waals surface area contributed by atoms with Gasteiger partial charge in [-0.2, -0.15) is 5.26 Å². The third-order valence-corrected chi connectivity index (χ3v) is 5.80. The number of rotatable bonds is 5. The van der Waals surface area contributed by atoms with E-state index >= 15 is 0 Å². The molecule has 29 heavy (non-hydrogen) atoms. The van der Waals surface area contributed by atoms with Crippen LogP contribution in [0.25, 0.3) is 22.4 Å². The first-order valence-electron chi connectivity index (χ1n) is 9.49. The molecule has 0 unspecified atom stereocenters. The number of aryl methyl sites for hydroxylation is 1. The number of pyridine rings is 1. The average Bonchev–Trinajstić information content (AvgIpc) is 2.79. The molecule has 140 valence electrons. The summed E-state index contributed by atoms with van der Waals surface area (Å²) in [5.74, 6) is 0.772. The topological polar surface area (TPSA) is 36.7 Å². The highest BCUT2D eigenvalue weighted by Crippen LogP contribution is 2.35. The minimum absolute atomic E-state index is 0.632. The summed E-state index contributed by atoms with van der Waals surface area (Å²) in [7, 11) is 0. The Morgan fingerprint density at radius 1 is 0.828 bits per heavy atom. The molecule has 0 saturated heterocycles. The molecule has 0 aliphatic rings. The van der Waals surface area contributed by atoms with Crippen LogP contribution in [0.4, 0.5) is 0 Å². The number of benzene rings is 3. The van der Waals surface area contributed by atoms with Gasteiger partial charge >= 0.3 is 0 Å². The Kier molecular flexibility index (Phi) is 5.74. The van der Waals surface area contributed by atoms with Gasteiger partial charge in [0.15, 0.2) is 0 Å². The number of hydrogen-bond acceptors (Lipinski definition) is 3. The quantitative estimate of drug-likeness (QED) is 0.347. The first-order valence-corrected chi connectivity index (χ1v) is 10.5. The van der Waals surface area contributed by atoms with E-state index in [1.165, 1.54) is 11.1 Å². The molecule has 4 aromatic rings. The number of aromatic nitrogens is 1. The van der Waals surface area contributed by atoms with Crippen molar-refractivity contribution in [1.29, 1.82) is 5.26 Å². The Bertz CT molecular complexity index is 1150. The van der Waals surface area contributed by atoms with Crippen LogP contribution in [0.1, 0.15) is 16.7 Å². The average molecular weight is 393 g/mol. The van der Waals surface area contributed by atoms with Crippen molar-refractivity contribution in [1.82, 2.24) is 4.98 Å². The molecule has 0 aliphatic heterocycles. The van der Waals surface area contributed by atoms with Gasteiger partial charge in [-0.25, -0.2) is 4.98 Å². The van der Waals surface area contributed by atoms with Crippen molar-refractivity contribution in [3.8, 4) is 28.5 Å². The van der Waals surface area contributed by atoms with Crippen LogP contribution < -0.4 is 0 Å². The van der Waals surface area contributed by atoms with E-state index in [2.05, 4.69) is 49.4 Å². The van der Waals surface area contributed by atoms with Crippen LogP contribution in [0.5, 0.6) is 0 Å². The van der Waals surface area contributed by atoms with E-state index in [4.69, 9.17) is 4.98 Å². The van der Waals surface area contributed by atoms with Crippen molar-refractivity contribution < 1.29 is 0 Å². The first-order chi connectivity index (χ1) is 14.2. The molecule has 3 aromatic carbocycles. The maximum atomic E-state index is 9.95. The van der Waals surface area contributed by atoms with Crippen molar-refractivity contribution in [3.63, 3.8) is 0 Å². The molecule has 1 heterocycles. The SMILES string of the molecule is Cc1ccc(CSc2nc(-c3ccccc3)cc(-c3ccccc3)c2C#N)cc1. The molecule has 0 spiro atoms. The first kappa shape index (κ1) is 19.0. The van der Waals surface area contributed by atoms with E-state index in [0.29, 0.717) is 5.56 Å². The van der Waals surface area contributed by atoms with Gasteiger partial charge in [0.1, 0.15) is 11.1 Å². The van der Waals surface area contributed by atoms with Gasteiger partial charge in [0.25, 0.3) is 0 Å². The van der Waals surface area contributed by atoms with E-state index < -0.39 is 0 Å². The lowest BCUT2D eigenvalue weighted by molar-refractivity contribution is 1.12. The minimum atomic E-state index is 0.632. The molecule has 0 aliphatic carbocycles. The number of hydrogen-bond donors (Lipinski definition) is 0. The second-order valence-corrected chi connectivity index (χ2v) is 7.82. The molecule has 0 atom stereocenters. The summed E-state index contributed by atoms with van der Waals surface area (Å²) in [6.45, 7) is 2.09. The molecule has 0 bridgehead atoms. The van der Waals surface area contributed by atoms with Gasteiger partial charge in [0.05, 0.1) is 11.3 Å². The zero-order chi connectivity index (χ0) is 20.1. The van der Waals surface area contributed by atoms with Gasteiger partial charge < -0.3 is 0 Å². The van der Waals surface area contributed by atoms with Crippen LogP contribution in [-0.2, 0) is 5.75 Å². The Morgan fingerprint density at radius 2 is 1.45 bits per heavy atom. The standard InChI is InChI=1S/C26H20N2S/c1-19-12-14-20(15-13-19)18-29-26-24(17-27)23(21-8-4-2-5-9-21)16-25(28-26)22-10-6-3-7-11-22/h2-16H,18H2,1H3. The number of thioether (sulfide) groups is 1. The molecule has 0 amide bonds. The van der Waals surface area contributed by atoms with E-state index in [1.807, 2.05) is 54.6 Å². The highest BCUT2D eigenvalue weighted by atomic mass is 32.2. The van der Waals surface area contributed by atoms with Gasteiger partial charge in [-0.3, -0.25) is 0 Å². The van der Waals surface area contributed by atoms with Crippen molar-refractivity contribution in [3.05, 3.63) is 108 Å². The molecule has 3 heteroatoms. The Morgan fingerprint density at radius 3 is 2.07 bits per heavy atom. The fourth-order valence-electron chi connectivity index (χ4n) is 3.17. The zero-order valence-corrected chi connectivity index (χ0v) is 17.0. The van der Waals surface area contributed by atoms with Crippen molar-refractivity contribution in [2.45, 2.75) is 17.7 Å². The molecule has 0 N–H and O–H groups in total. The van der Waals surface area contributed by atoms with Crippen LogP contribution in [0.15, 0.2) is 96.0 Å². The minimum Gasteiger partial charge on any atom is -0.240 e. The van der Waals surface area contributed by atoms with Crippen LogP contribution in [0, 0.1) is 18.3 Å². The van der Waals surface area contributed by atoms with E-state index in [-0.39, 0.29) is 0 Å². The van der Waals surface area contributed by atoms with Gasteiger partial charge in [-0.1, -0.05) is 90.5 Å². The molecule has 1 aromatic heterocycles. The van der Waals surface area contributed by atoms with Crippen molar-refractivity contribution in [2.24, 2.45) is 0 Å². The third kappa shape index (κ3) is 4.39. The van der Waals surface area contributed by atoms with Crippen LogP contribution in [0.2, 0.25) is 0 Å². The summed E-state index contributed by atoms with van der Waals surface area (Å²) >= 11 is 1.61. The van der Waals surface area contributed by atoms with Crippen LogP contribution in [0.3, 0.4) is 0 Å². The van der Waals surface area contributed by atoms with Gasteiger partial charge in [0.2, 0.25) is 0 Å². The normalized spacial score (nSPS) is 10.5. The lowest BCUT2D eigenvalue weighted by Crippen LogP contribution is -1.96. The maximum absolute atomic E-state index is 9.95. The second kappa shape index (κ2) is 8.77. The fourth-order valence-corrected chi connectivity index (χ4v) is 4.13. The van der Waals surface area contributed by atoms with E-state index in [1.54, 1.807) is 11.8 Å². The molecule has 0 saturated carbocycles. The van der Waals surface area contributed by atoms with Gasteiger partial charge in [-0.15, -0.1) is 11.8 Å².